The zero-order valence-electron chi connectivity index (χ0n) is 8.70. The number of benzene rings is 1. The third-order valence-electron chi connectivity index (χ3n) is 1.91. The molecule has 0 amide bonds. The van der Waals surface area contributed by atoms with Crippen molar-refractivity contribution < 1.29 is 17.6 Å². The van der Waals surface area contributed by atoms with Gasteiger partial charge in [-0.25, -0.2) is 0 Å². The van der Waals surface area contributed by atoms with Crippen LogP contribution in [0.25, 0.3) is 0 Å². The number of non-ortho nitro benzene ring substituents is 1. The van der Waals surface area contributed by atoms with Crippen LogP contribution in [0.5, 0.6) is 0 Å². The van der Waals surface area contributed by atoms with Crippen LogP contribution in [0.4, 0.5) is 5.69 Å². The van der Waals surface area contributed by atoms with Crippen LogP contribution in [0.1, 0.15) is 0 Å². The van der Waals surface area contributed by atoms with Gasteiger partial charge in [-0.3, -0.25) is 14.4 Å². The normalized spacial score (nSPS) is 11.1. The topological polar surface area (TPSA) is 117 Å². The number of nitro groups is 1. The first-order valence-electron chi connectivity index (χ1n) is 4.55. The van der Waals surface area contributed by atoms with Gasteiger partial charge in [0.05, 0.1) is 17.3 Å². The third-order valence-corrected chi connectivity index (χ3v) is 3.11. The summed E-state index contributed by atoms with van der Waals surface area (Å²) in [5.74, 6) is 0. The smallest absolute Gasteiger partial charge is 0.264 e. The lowest BCUT2D eigenvalue weighted by molar-refractivity contribution is -0.384. The predicted octanol–water partition coefficient (Wildman–Crippen LogP) is 0.00380. The molecule has 94 valence electrons. The van der Waals surface area contributed by atoms with E-state index in [1.54, 1.807) is 0 Å². The molecule has 0 bridgehead atoms. The highest BCUT2D eigenvalue weighted by atomic mass is 32.2. The van der Waals surface area contributed by atoms with Crippen molar-refractivity contribution in [3.05, 3.63) is 46.8 Å². The maximum Gasteiger partial charge on any atom is 0.358 e. The molecule has 0 aliphatic rings. The summed E-state index contributed by atoms with van der Waals surface area (Å²) in [7, 11) is -4.09. The molecule has 9 nitrogen and oxygen atoms in total. The number of hydrogen-bond donors (Lipinski definition) is 0. The van der Waals surface area contributed by atoms with Crippen molar-refractivity contribution in [3.8, 4) is 0 Å². The number of aromatic nitrogens is 3. The molecule has 0 radical (unpaired) electrons. The predicted molar refractivity (Wildman–Crippen MR) is 56.9 cm³/mol. The fourth-order valence-electron chi connectivity index (χ4n) is 1.12. The lowest BCUT2D eigenvalue weighted by atomic mass is 10.3. The molecule has 2 rings (SSSR count). The molecule has 0 aliphatic carbocycles. The quantitative estimate of drug-likeness (QED) is 0.567. The van der Waals surface area contributed by atoms with Crippen molar-refractivity contribution >= 4 is 15.8 Å². The van der Waals surface area contributed by atoms with E-state index in [1.807, 2.05) is 0 Å². The summed E-state index contributed by atoms with van der Waals surface area (Å²) in [5, 5.41) is 17.1. The van der Waals surface area contributed by atoms with E-state index in [1.165, 1.54) is 12.4 Å². The van der Waals surface area contributed by atoms with Crippen LogP contribution in [0.3, 0.4) is 0 Å². The van der Waals surface area contributed by atoms with E-state index in [0.29, 0.717) is 4.85 Å². The van der Waals surface area contributed by atoms with Gasteiger partial charge in [0.25, 0.3) is 5.69 Å². The summed E-state index contributed by atoms with van der Waals surface area (Å²) < 4.78 is 28.0. The molecule has 0 unspecified atom stereocenters. The van der Waals surface area contributed by atoms with Crippen molar-refractivity contribution in [2.45, 2.75) is 4.90 Å². The van der Waals surface area contributed by atoms with Crippen LogP contribution in [0.15, 0.2) is 41.6 Å². The van der Waals surface area contributed by atoms with Crippen molar-refractivity contribution in [2.24, 2.45) is 0 Å². The van der Waals surface area contributed by atoms with E-state index in [4.69, 9.17) is 0 Å². The lowest BCUT2D eigenvalue weighted by Crippen LogP contribution is -2.20. The van der Waals surface area contributed by atoms with Crippen LogP contribution < -0.4 is 4.28 Å². The first-order chi connectivity index (χ1) is 8.49. The molecular formula is C8H6N4O5S. The van der Waals surface area contributed by atoms with Gasteiger partial charge in [-0.05, 0) is 17.3 Å². The molecule has 1 aromatic carbocycles. The van der Waals surface area contributed by atoms with Gasteiger partial charge >= 0.3 is 10.1 Å². The minimum absolute atomic E-state index is 0.213. The van der Waals surface area contributed by atoms with Gasteiger partial charge in [0, 0.05) is 12.1 Å². The van der Waals surface area contributed by atoms with Gasteiger partial charge in [0.1, 0.15) is 4.90 Å². The van der Waals surface area contributed by atoms with Gasteiger partial charge in [-0.15, -0.1) is 5.10 Å². The van der Waals surface area contributed by atoms with Gasteiger partial charge in [0.2, 0.25) is 0 Å². The van der Waals surface area contributed by atoms with E-state index < -0.39 is 15.0 Å². The van der Waals surface area contributed by atoms with Crippen molar-refractivity contribution in [1.29, 1.82) is 0 Å². The van der Waals surface area contributed by atoms with Crippen molar-refractivity contribution in [1.82, 2.24) is 15.2 Å². The number of hydrogen-bond acceptors (Lipinski definition) is 7. The monoisotopic (exact) mass is 270 g/mol. The Morgan fingerprint density at radius 3 is 2.44 bits per heavy atom. The van der Waals surface area contributed by atoms with E-state index in [2.05, 4.69) is 14.6 Å². The van der Waals surface area contributed by atoms with E-state index in [0.717, 1.165) is 24.3 Å². The van der Waals surface area contributed by atoms with Crippen LogP contribution in [-0.4, -0.2) is 28.5 Å². The van der Waals surface area contributed by atoms with E-state index in [-0.39, 0.29) is 10.6 Å². The first kappa shape index (κ1) is 12.0. The molecule has 10 heteroatoms. The van der Waals surface area contributed by atoms with E-state index in [9.17, 15) is 18.5 Å². The second-order valence-corrected chi connectivity index (χ2v) is 4.61. The third kappa shape index (κ3) is 2.43. The highest BCUT2D eigenvalue weighted by Gasteiger charge is 2.18. The molecule has 0 saturated heterocycles. The molecule has 0 aliphatic heterocycles. The molecule has 2 aromatic rings. The van der Waals surface area contributed by atoms with Crippen LogP contribution >= 0.6 is 0 Å². The van der Waals surface area contributed by atoms with Crippen LogP contribution in [0, 0.1) is 10.1 Å². The molecule has 18 heavy (non-hydrogen) atoms. The summed E-state index contributed by atoms with van der Waals surface area (Å²) >= 11 is 0. The number of nitrogens with zero attached hydrogens (tertiary/aromatic N) is 4. The minimum Gasteiger partial charge on any atom is -0.264 e. The minimum atomic E-state index is -4.09. The Hall–Kier alpha value is -2.49. The Kier molecular flexibility index (Phi) is 2.93. The first-order valence-corrected chi connectivity index (χ1v) is 5.95. The Bertz CT molecular complexity index is 649. The fourth-order valence-corrected chi connectivity index (χ4v) is 1.95. The zero-order chi connectivity index (χ0) is 13.2. The molecule has 0 spiro atoms. The Morgan fingerprint density at radius 2 is 1.94 bits per heavy atom. The maximum absolute atomic E-state index is 11.7. The van der Waals surface area contributed by atoms with Gasteiger partial charge < -0.3 is 0 Å². The molecule has 0 saturated carbocycles. The number of nitro benzene ring substituents is 1. The Balaban J connectivity index is 2.27. The standard InChI is InChI=1S/C8H6N4O5S/c13-12(14)7-1-3-8(4-2-7)18(15,16)17-11-6-5-9-10-11/h1-6H. The highest BCUT2D eigenvalue weighted by molar-refractivity contribution is 7.87. The zero-order valence-corrected chi connectivity index (χ0v) is 9.52. The average Bonchev–Trinajstić information content (AvgIpc) is 2.81. The maximum atomic E-state index is 11.7. The Morgan fingerprint density at radius 1 is 1.28 bits per heavy atom. The lowest BCUT2D eigenvalue weighted by Gasteiger charge is -2.04. The van der Waals surface area contributed by atoms with Crippen molar-refractivity contribution in [3.63, 3.8) is 0 Å². The summed E-state index contributed by atoms with van der Waals surface area (Å²) in [5.41, 5.74) is -0.213. The average molecular weight is 270 g/mol. The summed E-state index contributed by atoms with van der Waals surface area (Å²) in [4.78, 5) is 10.2. The number of rotatable bonds is 4. The molecule has 1 aromatic heterocycles. The summed E-state index contributed by atoms with van der Waals surface area (Å²) in [6, 6.07) is 4.28. The van der Waals surface area contributed by atoms with Gasteiger partial charge in [-0.2, -0.15) is 8.42 Å². The second kappa shape index (κ2) is 4.41. The van der Waals surface area contributed by atoms with Gasteiger partial charge in [0.15, 0.2) is 0 Å². The van der Waals surface area contributed by atoms with Crippen LogP contribution in [-0.2, 0) is 10.1 Å². The molecule has 1 heterocycles. The molecule has 0 fully saturated rings. The SMILES string of the molecule is O=[N+]([O-])c1ccc(S(=O)(=O)On2ccnn2)cc1. The van der Waals surface area contributed by atoms with Crippen LogP contribution in [0.2, 0.25) is 0 Å². The molecule has 0 N–H and O–H groups in total. The van der Waals surface area contributed by atoms with Gasteiger partial charge in [-0.1, -0.05) is 4.85 Å². The highest BCUT2D eigenvalue weighted by Crippen LogP contribution is 2.16. The fraction of sp³-hybridized carbons (Fsp3) is 0. The summed E-state index contributed by atoms with van der Waals surface area (Å²) in [6.45, 7) is 0. The largest absolute Gasteiger partial charge is 0.358 e. The van der Waals surface area contributed by atoms with Crippen molar-refractivity contribution in [2.75, 3.05) is 0 Å². The van der Waals surface area contributed by atoms with E-state index >= 15 is 0 Å². The molecule has 0 atom stereocenters. The Labute approximate surface area is 101 Å². The second-order valence-electron chi connectivity index (χ2n) is 3.09. The molecular weight excluding hydrogens is 264 g/mol. The summed E-state index contributed by atoms with van der Waals surface area (Å²) in [6.07, 6.45) is 2.44.